The summed E-state index contributed by atoms with van der Waals surface area (Å²) in [5, 5.41) is 3.71. The minimum atomic E-state index is 0.0314. The molecule has 84 valence electrons. The van der Waals surface area contributed by atoms with Gasteiger partial charge in [0.05, 0.1) is 17.2 Å². The second kappa shape index (κ2) is 4.45. The van der Waals surface area contributed by atoms with Crippen LogP contribution in [0.5, 0.6) is 0 Å². The Morgan fingerprint density at radius 2 is 2.25 bits per heavy atom. The molecule has 0 aliphatic heterocycles. The number of nitrogens with one attached hydrogen (secondary N) is 1. The molecule has 0 saturated heterocycles. The van der Waals surface area contributed by atoms with Crippen molar-refractivity contribution in [2.75, 3.05) is 13.6 Å². The van der Waals surface area contributed by atoms with Gasteiger partial charge in [0.15, 0.2) is 0 Å². The van der Waals surface area contributed by atoms with Gasteiger partial charge in [0, 0.05) is 13.1 Å². The van der Waals surface area contributed by atoms with E-state index in [2.05, 4.69) is 10.3 Å². The molecule has 0 saturated carbocycles. The summed E-state index contributed by atoms with van der Waals surface area (Å²) in [5.74, 6) is 0. The fourth-order valence-electron chi connectivity index (χ4n) is 1.66. The zero-order valence-corrected chi connectivity index (χ0v) is 9.53. The molecule has 0 atom stereocenters. The number of rotatable bonds is 3. The number of aromatic nitrogens is 2. The molecule has 2 aromatic rings. The van der Waals surface area contributed by atoms with E-state index in [9.17, 15) is 4.79 Å². The van der Waals surface area contributed by atoms with Crippen molar-refractivity contribution in [1.82, 2.24) is 14.9 Å². The van der Waals surface area contributed by atoms with Crippen molar-refractivity contribution in [1.29, 1.82) is 0 Å². The van der Waals surface area contributed by atoms with Crippen molar-refractivity contribution in [3.8, 4) is 0 Å². The second-order valence-corrected chi connectivity index (χ2v) is 3.87. The summed E-state index contributed by atoms with van der Waals surface area (Å²) in [6.07, 6.45) is 1.61. The van der Waals surface area contributed by atoms with Gasteiger partial charge >= 0.3 is 0 Å². The Morgan fingerprint density at radius 1 is 1.44 bits per heavy atom. The van der Waals surface area contributed by atoms with Gasteiger partial charge in [-0.2, -0.15) is 0 Å². The summed E-state index contributed by atoms with van der Waals surface area (Å²) in [6.45, 7) is 3.38. The van der Waals surface area contributed by atoms with Crippen LogP contribution in [0.25, 0.3) is 10.9 Å². The summed E-state index contributed by atoms with van der Waals surface area (Å²) in [4.78, 5) is 16.4. The van der Waals surface area contributed by atoms with Gasteiger partial charge in [-0.3, -0.25) is 9.36 Å². The number of nitrogens with zero attached hydrogens (tertiary/aromatic N) is 2. The van der Waals surface area contributed by atoms with Crippen molar-refractivity contribution in [3.05, 3.63) is 40.4 Å². The van der Waals surface area contributed by atoms with Crippen LogP contribution < -0.4 is 10.9 Å². The quantitative estimate of drug-likeness (QED) is 0.831. The topological polar surface area (TPSA) is 46.9 Å². The van der Waals surface area contributed by atoms with Crippen molar-refractivity contribution in [2.45, 2.75) is 13.5 Å². The molecule has 2 rings (SSSR count). The molecule has 1 N–H and O–H groups in total. The molecule has 0 spiro atoms. The minimum absolute atomic E-state index is 0.0314. The lowest BCUT2D eigenvalue weighted by Gasteiger charge is -2.06. The van der Waals surface area contributed by atoms with E-state index in [0.29, 0.717) is 11.9 Å². The maximum Gasteiger partial charge on any atom is 0.261 e. The van der Waals surface area contributed by atoms with E-state index >= 15 is 0 Å². The average Bonchev–Trinajstić information content (AvgIpc) is 2.29. The van der Waals surface area contributed by atoms with E-state index in [0.717, 1.165) is 17.6 Å². The highest BCUT2D eigenvalue weighted by molar-refractivity contribution is 5.77. The molecule has 4 nitrogen and oxygen atoms in total. The first kappa shape index (κ1) is 10.8. The van der Waals surface area contributed by atoms with Crippen LogP contribution in [-0.4, -0.2) is 23.1 Å². The van der Waals surface area contributed by atoms with Gasteiger partial charge in [0.25, 0.3) is 5.56 Å². The molecule has 1 aromatic heterocycles. The zero-order chi connectivity index (χ0) is 11.5. The average molecular weight is 217 g/mol. The minimum Gasteiger partial charge on any atom is -0.318 e. The Bertz CT molecular complexity index is 560. The van der Waals surface area contributed by atoms with E-state index in [1.165, 1.54) is 0 Å². The standard InChI is InChI=1S/C12H15N3O/c1-9-3-4-11-10(7-9)12(16)15(8-14-11)6-5-13-2/h3-4,7-8,13H,5-6H2,1-2H3. The Hall–Kier alpha value is -1.68. The van der Waals surface area contributed by atoms with E-state index in [1.54, 1.807) is 10.9 Å². The van der Waals surface area contributed by atoms with Crippen molar-refractivity contribution in [3.63, 3.8) is 0 Å². The van der Waals surface area contributed by atoms with Crippen LogP contribution in [0.15, 0.2) is 29.3 Å². The van der Waals surface area contributed by atoms with Crippen molar-refractivity contribution < 1.29 is 0 Å². The van der Waals surface area contributed by atoms with Gasteiger partial charge in [-0.25, -0.2) is 4.98 Å². The SMILES string of the molecule is CNCCn1cnc2ccc(C)cc2c1=O. The predicted molar refractivity (Wildman–Crippen MR) is 64.7 cm³/mol. The van der Waals surface area contributed by atoms with Crippen LogP contribution >= 0.6 is 0 Å². The summed E-state index contributed by atoms with van der Waals surface area (Å²) < 4.78 is 1.64. The summed E-state index contributed by atoms with van der Waals surface area (Å²) in [5.41, 5.74) is 1.87. The summed E-state index contributed by atoms with van der Waals surface area (Å²) in [6, 6.07) is 5.74. The monoisotopic (exact) mass is 217 g/mol. The first-order valence-electron chi connectivity index (χ1n) is 5.33. The lowest BCUT2D eigenvalue weighted by Crippen LogP contribution is -2.25. The first-order valence-corrected chi connectivity index (χ1v) is 5.33. The summed E-state index contributed by atoms with van der Waals surface area (Å²) >= 11 is 0. The van der Waals surface area contributed by atoms with E-state index in [4.69, 9.17) is 0 Å². The molecule has 0 unspecified atom stereocenters. The number of aryl methyl sites for hydroxylation is 1. The third-order valence-electron chi connectivity index (χ3n) is 2.58. The molecule has 1 aromatic carbocycles. The predicted octanol–water partition coefficient (Wildman–Crippen LogP) is 0.924. The molecule has 0 amide bonds. The van der Waals surface area contributed by atoms with Gasteiger partial charge in [-0.05, 0) is 26.1 Å². The highest BCUT2D eigenvalue weighted by Gasteiger charge is 2.03. The zero-order valence-electron chi connectivity index (χ0n) is 9.53. The highest BCUT2D eigenvalue weighted by atomic mass is 16.1. The largest absolute Gasteiger partial charge is 0.318 e. The maximum absolute atomic E-state index is 12.1. The van der Waals surface area contributed by atoms with Gasteiger partial charge in [-0.1, -0.05) is 11.6 Å². The van der Waals surface area contributed by atoms with Gasteiger partial charge in [0.2, 0.25) is 0 Å². The van der Waals surface area contributed by atoms with Crippen molar-refractivity contribution in [2.24, 2.45) is 0 Å². The van der Waals surface area contributed by atoms with Crippen LogP contribution in [0.3, 0.4) is 0 Å². The molecule has 16 heavy (non-hydrogen) atoms. The van der Waals surface area contributed by atoms with Gasteiger partial charge in [-0.15, -0.1) is 0 Å². The van der Waals surface area contributed by atoms with Gasteiger partial charge < -0.3 is 5.32 Å². The summed E-state index contributed by atoms with van der Waals surface area (Å²) in [7, 11) is 1.86. The van der Waals surface area contributed by atoms with E-state index < -0.39 is 0 Å². The fraction of sp³-hybridized carbons (Fsp3) is 0.333. The molecule has 0 aliphatic carbocycles. The maximum atomic E-state index is 12.1. The molecule has 0 radical (unpaired) electrons. The van der Waals surface area contributed by atoms with Gasteiger partial charge in [0.1, 0.15) is 0 Å². The third kappa shape index (κ3) is 1.97. The lowest BCUT2D eigenvalue weighted by atomic mass is 10.2. The molecular formula is C12H15N3O. The highest BCUT2D eigenvalue weighted by Crippen LogP contribution is 2.08. The number of fused-ring (bicyclic) bond motifs is 1. The smallest absolute Gasteiger partial charge is 0.261 e. The first-order chi connectivity index (χ1) is 7.72. The molecule has 1 heterocycles. The molecule has 0 aliphatic rings. The third-order valence-corrected chi connectivity index (χ3v) is 2.58. The molecule has 0 fully saturated rings. The van der Waals surface area contributed by atoms with Crippen LogP contribution in [0.4, 0.5) is 0 Å². The Balaban J connectivity index is 2.55. The second-order valence-electron chi connectivity index (χ2n) is 3.87. The number of benzene rings is 1. The van der Waals surface area contributed by atoms with Crippen LogP contribution in [-0.2, 0) is 6.54 Å². The van der Waals surface area contributed by atoms with Crippen LogP contribution in [0.2, 0.25) is 0 Å². The fourth-order valence-corrected chi connectivity index (χ4v) is 1.66. The number of hydrogen-bond acceptors (Lipinski definition) is 3. The Kier molecular flexibility index (Phi) is 3.01. The Labute approximate surface area is 93.9 Å². The van der Waals surface area contributed by atoms with E-state index in [1.807, 2.05) is 32.2 Å². The lowest BCUT2D eigenvalue weighted by molar-refractivity contribution is 0.621. The van der Waals surface area contributed by atoms with E-state index in [-0.39, 0.29) is 5.56 Å². The number of hydrogen-bond donors (Lipinski definition) is 1. The number of likely N-dealkylation sites (N-methyl/N-ethyl adjacent to an activating group) is 1. The molecule has 4 heteroatoms. The molecule has 0 bridgehead atoms. The normalized spacial score (nSPS) is 10.9. The molecular weight excluding hydrogens is 202 g/mol. The van der Waals surface area contributed by atoms with Crippen molar-refractivity contribution >= 4 is 10.9 Å². The Morgan fingerprint density at radius 3 is 3.00 bits per heavy atom. The van der Waals surface area contributed by atoms with Crippen LogP contribution in [0.1, 0.15) is 5.56 Å². The van der Waals surface area contributed by atoms with Crippen LogP contribution in [0, 0.1) is 6.92 Å².